The minimum absolute atomic E-state index is 0.290. The summed E-state index contributed by atoms with van der Waals surface area (Å²) in [7, 11) is 0. The van der Waals surface area contributed by atoms with Crippen molar-refractivity contribution in [1.82, 2.24) is 0 Å². The van der Waals surface area contributed by atoms with Gasteiger partial charge in [0.2, 0.25) is 0 Å². The Kier molecular flexibility index (Phi) is 16.9. The van der Waals surface area contributed by atoms with Crippen LogP contribution in [0.2, 0.25) is 0 Å². The fraction of sp³-hybridized carbons (Fsp3) is 1.00. The van der Waals surface area contributed by atoms with Crippen molar-refractivity contribution < 1.29 is 9.84 Å². The molecule has 0 bridgehead atoms. The van der Waals surface area contributed by atoms with Crippen LogP contribution in [0.5, 0.6) is 0 Å². The number of aliphatic hydroxyl groups is 1. The molecule has 1 atom stereocenters. The second-order valence-electron chi connectivity index (χ2n) is 5.95. The quantitative estimate of drug-likeness (QED) is 0.381. The zero-order valence-corrected chi connectivity index (χ0v) is 14.0. The molecular weight excluding hydrogens is 248 g/mol. The van der Waals surface area contributed by atoms with Crippen LogP contribution in [0.15, 0.2) is 0 Å². The maximum absolute atomic E-state index is 8.82. The third-order valence-corrected chi connectivity index (χ3v) is 3.99. The molecule has 1 N–H and O–H groups in total. The van der Waals surface area contributed by atoms with Gasteiger partial charge in [0.15, 0.2) is 0 Å². The number of aliphatic hydroxyl groups excluding tert-OH is 1. The molecule has 0 aromatic carbocycles. The third kappa shape index (κ3) is 14.3. The summed E-state index contributed by atoms with van der Waals surface area (Å²) >= 11 is 0. The normalized spacial score (nSPS) is 12.8. The molecule has 0 fully saturated rings. The lowest BCUT2D eigenvalue weighted by Gasteiger charge is -2.15. The Hall–Kier alpha value is -0.0800. The largest absolute Gasteiger partial charge is 0.396 e. The van der Waals surface area contributed by atoms with E-state index in [1.807, 2.05) is 0 Å². The van der Waals surface area contributed by atoms with Crippen molar-refractivity contribution >= 4 is 0 Å². The summed E-state index contributed by atoms with van der Waals surface area (Å²) < 4.78 is 5.85. The molecule has 2 heteroatoms. The predicted molar refractivity (Wildman–Crippen MR) is 88.2 cm³/mol. The van der Waals surface area contributed by atoms with Gasteiger partial charge >= 0.3 is 0 Å². The molecule has 0 amide bonds. The van der Waals surface area contributed by atoms with Gasteiger partial charge in [0.25, 0.3) is 0 Å². The second kappa shape index (κ2) is 17.0. The predicted octanol–water partition coefficient (Wildman–Crippen LogP) is 5.48. The maximum atomic E-state index is 8.82. The molecule has 0 radical (unpaired) electrons. The molecular formula is C18H38O2. The van der Waals surface area contributed by atoms with Gasteiger partial charge in [-0.2, -0.15) is 0 Å². The summed E-state index contributed by atoms with van der Waals surface area (Å²) in [5.41, 5.74) is 0. The average molecular weight is 286 g/mol. The smallest absolute Gasteiger partial charge is 0.0573 e. The molecule has 0 aromatic rings. The van der Waals surface area contributed by atoms with E-state index in [4.69, 9.17) is 9.84 Å². The van der Waals surface area contributed by atoms with Crippen LogP contribution in [0.1, 0.15) is 97.3 Å². The van der Waals surface area contributed by atoms with E-state index >= 15 is 0 Å². The van der Waals surface area contributed by atoms with Gasteiger partial charge in [0.1, 0.15) is 0 Å². The van der Waals surface area contributed by atoms with Gasteiger partial charge in [0, 0.05) is 13.2 Å². The van der Waals surface area contributed by atoms with E-state index in [1.165, 1.54) is 64.2 Å². The molecule has 122 valence electrons. The Morgan fingerprint density at radius 2 is 1.30 bits per heavy atom. The van der Waals surface area contributed by atoms with Gasteiger partial charge in [-0.3, -0.25) is 0 Å². The topological polar surface area (TPSA) is 29.5 Å². The molecule has 0 aliphatic rings. The van der Waals surface area contributed by atoms with Crippen LogP contribution >= 0.6 is 0 Å². The third-order valence-electron chi connectivity index (χ3n) is 3.99. The summed E-state index contributed by atoms with van der Waals surface area (Å²) in [6, 6.07) is 0. The van der Waals surface area contributed by atoms with Crippen molar-refractivity contribution in [3.8, 4) is 0 Å². The van der Waals surface area contributed by atoms with E-state index in [-0.39, 0.29) is 6.61 Å². The Labute approximate surface area is 127 Å². The van der Waals surface area contributed by atoms with Gasteiger partial charge in [-0.05, 0) is 25.7 Å². The number of unbranched alkanes of at least 4 members (excludes halogenated alkanes) is 9. The van der Waals surface area contributed by atoms with Crippen LogP contribution in [0.3, 0.4) is 0 Å². The maximum Gasteiger partial charge on any atom is 0.0573 e. The Bertz CT molecular complexity index is 171. The molecule has 0 aliphatic carbocycles. The number of hydrogen-bond acceptors (Lipinski definition) is 2. The molecule has 20 heavy (non-hydrogen) atoms. The van der Waals surface area contributed by atoms with Crippen LogP contribution in [0, 0.1) is 0 Å². The van der Waals surface area contributed by atoms with Crippen LogP contribution in [-0.4, -0.2) is 24.4 Å². The molecule has 1 unspecified atom stereocenters. The molecule has 0 heterocycles. The average Bonchev–Trinajstić information content (AvgIpc) is 2.48. The first-order valence-corrected chi connectivity index (χ1v) is 9.07. The van der Waals surface area contributed by atoms with E-state index in [0.717, 1.165) is 25.9 Å². The Morgan fingerprint density at radius 3 is 1.80 bits per heavy atom. The molecule has 0 aliphatic heterocycles. The highest BCUT2D eigenvalue weighted by Gasteiger charge is 2.05. The molecule has 0 rings (SSSR count). The molecule has 2 nitrogen and oxygen atoms in total. The van der Waals surface area contributed by atoms with Crippen molar-refractivity contribution in [3.05, 3.63) is 0 Å². The van der Waals surface area contributed by atoms with Gasteiger partial charge in [-0.25, -0.2) is 0 Å². The fourth-order valence-electron chi connectivity index (χ4n) is 2.56. The standard InChI is InChI=1S/C18H38O2/c1-3-5-6-7-8-9-10-11-12-13-17-20-18(4-2)15-14-16-19/h18-19H,3-17H2,1-2H3. The second-order valence-corrected chi connectivity index (χ2v) is 5.95. The zero-order valence-electron chi connectivity index (χ0n) is 14.0. The molecule has 0 saturated heterocycles. The Balaban J connectivity index is 3.15. The van der Waals surface area contributed by atoms with Crippen molar-refractivity contribution in [1.29, 1.82) is 0 Å². The summed E-state index contributed by atoms with van der Waals surface area (Å²) in [6.45, 7) is 5.63. The summed E-state index contributed by atoms with van der Waals surface area (Å²) in [6.07, 6.45) is 17.0. The highest BCUT2D eigenvalue weighted by molar-refractivity contribution is 4.55. The van der Waals surface area contributed by atoms with Gasteiger partial charge in [0.05, 0.1) is 6.10 Å². The Morgan fingerprint density at radius 1 is 0.750 bits per heavy atom. The van der Waals surface area contributed by atoms with Crippen LogP contribution in [-0.2, 0) is 4.74 Å². The van der Waals surface area contributed by atoms with Crippen LogP contribution in [0.4, 0.5) is 0 Å². The van der Waals surface area contributed by atoms with E-state index < -0.39 is 0 Å². The highest BCUT2D eigenvalue weighted by Crippen LogP contribution is 2.12. The highest BCUT2D eigenvalue weighted by atomic mass is 16.5. The van der Waals surface area contributed by atoms with Crippen molar-refractivity contribution in [2.75, 3.05) is 13.2 Å². The van der Waals surface area contributed by atoms with Gasteiger partial charge in [-0.1, -0.05) is 71.6 Å². The number of rotatable bonds is 16. The van der Waals surface area contributed by atoms with Crippen LogP contribution in [0.25, 0.3) is 0 Å². The first kappa shape index (κ1) is 19.9. The SMILES string of the molecule is CCCCCCCCCCCCOC(CC)CCCO. The van der Waals surface area contributed by atoms with Crippen molar-refractivity contribution in [3.63, 3.8) is 0 Å². The van der Waals surface area contributed by atoms with E-state index in [2.05, 4.69) is 13.8 Å². The van der Waals surface area contributed by atoms with E-state index in [9.17, 15) is 0 Å². The van der Waals surface area contributed by atoms with Gasteiger partial charge in [-0.15, -0.1) is 0 Å². The molecule has 0 aromatic heterocycles. The lowest BCUT2D eigenvalue weighted by Crippen LogP contribution is -2.13. The van der Waals surface area contributed by atoms with Gasteiger partial charge < -0.3 is 9.84 Å². The zero-order chi connectivity index (χ0) is 14.9. The number of ether oxygens (including phenoxy) is 1. The first-order chi connectivity index (χ1) is 9.85. The van der Waals surface area contributed by atoms with E-state index in [0.29, 0.717) is 6.10 Å². The van der Waals surface area contributed by atoms with Crippen molar-refractivity contribution in [2.24, 2.45) is 0 Å². The molecule has 0 spiro atoms. The van der Waals surface area contributed by atoms with Crippen LogP contribution < -0.4 is 0 Å². The summed E-state index contributed by atoms with van der Waals surface area (Å²) in [5, 5.41) is 8.82. The van der Waals surface area contributed by atoms with E-state index in [1.54, 1.807) is 0 Å². The monoisotopic (exact) mass is 286 g/mol. The summed E-state index contributed by atoms with van der Waals surface area (Å²) in [4.78, 5) is 0. The lowest BCUT2D eigenvalue weighted by atomic mass is 10.1. The summed E-state index contributed by atoms with van der Waals surface area (Å²) in [5.74, 6) is 0. The first-order valence-electron chi connectivity index (χ1n) is 9.07. The fourth-order valence-corrected chi connectivity index (χ4v) is 2.56. The lowest BCUT2D eigenvalue weighted by molar-refractivity contribution is 0.0379. The molecule has 0 saturated carbocycles. The number of hydrogen-bond donors (Lipinski definition) is 1. The van der Waals surface area contributed by atoms with Crippen molar-refractivity contribution in [2.45, 2.75) is 103 Å². The minimum atomic E-state index is 0.290. The minimum Gasteiger partial charge on any atom is -0.396 e.